The van der Waals surface area contributed by atoms with Crippen molar-refractivity contribution in [1.29, 1.82) is 0 Å². The van der Waals surface area contributed by atoms with Crippen LogP contribution in [0.3, 0.4) is 0 Å². The number of nitrogens with one attached hydrogen (secondary N) is 1. The number of aromatic nitrogens is 1. The number of anilines is 1. The molecule has 7 heteroatoms. The van der Waals surface area contributed by atoms with E-state index in [1.807, 2.05) is 36.6 Å². The van der Waals surface area contributed by atoms with E-state index in [4.69, 9.17) is 4.74 Å². The molecule has 3 aromatic rings. The molecule has 0 atom stereocenters. The SMILES string of the molecule is CCOc1ccccc1-c1csc(NC(=O)c2ccc(C(=O)OC)cc2)n1. The number of para-hydroxylation sites is 1. The Morgan fingerprint density at radius 3 is 2.48 bits per heavy atom. The van der Waals surface area contributed by atoms with E-state index in [1.54, 1.807) is 24.3 Å². The van der Waals surface area contributed by atoms with Crippen molar-refractivity contribution in [1.82, 2.24) is 4.98 Å². The number of amides is 1. The summed E-state index contributed by atoms with van der Waals surface area (Å²) in [5, 5.41) is 5.13. The van der Waals surface area contributed by atoms with Gasteiger partial charge >= 0.3 is 5.97 Å². The van der Waals surface area contributed by atoms with Crippen molar-refractivity contribution in [2.24, 2.45) is 0 Å². The first-order valence-corrected chi connectivity index (χ1v) is 9.17. The summed E-state index contributed by atoms with van der Waals surface area (Å²) >= 11 is 1.33. The third-order valence-corrected chi connectivity index (χ3v) is 4.51. The molecule has 1 amide bonds. The van der Waals surface area contributed by atoms with Gasteiger partial charge in [-0.15, -0.1) is 11.3 Å². The second kappa shape index (κ2) is 8.46. The van der Waals surface area contributed by atoms with Crippen LogP contribution >= 0.6 is 11.3 Å². The second-order valence-electron chi connectivity index (χ2n) is 5.49. The highest BCUT2D eigenvalue weighted by atomic mass is 32.1. The number of thiazole rings is 1. The molecular formula is C20H18N2O4S. The highest BCUT2D eigenvalue weighted by Crippen LogP contribution is 2.32. The van der Waals surface area contributed by atoms with Gasteiger partial charge in [0.2, 0.25) is 0 Å². The van der Waals surface area contributed by atoms with Gasteiger partial charge in [-0.3, -0.25) is 10.1 Å². The van der Waals surface area contributed by atoms with Crippen molar-refractivity contribution in [3.05, 3.63) is 65.0 Å². The van der Waals surface area contributed by atoms with E-state index in [9.17, 15) is 9.59 Å². The molecule has 1 N–H and O–H groups in total. The Morgan fingerprint density at radius 2 is 1.78 bits per heavy atom. The van der Waals surface area contributed by atoms with Crippen molar-refractivity contribution >= 4 is 28.3 Å². The van der Waals surface area contributed by atoms with E-state index in [-0.39, 0.29) is 5.91 Å². The van der Waals surface area contributed by atoms with Crippen LogP contribution in [0.15, 0.2) is 53.9 Å². The molecule has 0 aliphatic rings. The lowest BCUT2D eigenvalue weighted by Gasteiger charge is -2.07. The van der Waals surface area contributed by atoms with Crippen molar-refractivity contribution < 1.29 is 19.1 Å². The van der Waals surface area contributed by atoms with Crippen molar-refractivity contribution in [3.8, 4) is 17.0 Å². The minimum Gasteiger partial charge on any atom is -0.493 e. The number of ether oxygens (including phenoxy) is 2. The number of rotatable bonds is 6. The molecule has 27 heavy (non-hydrogen) atoms. The predicted molar refractivity (Wildman–Crippen MR) is 104 cm³/mol. The summed E-state index contributed by atoms with van der Waals surface area (Å²) in [4.78, 5) is 28.3. The van der Waals surface area contributed by atoms with E-state index >= 15 is 0 Å². The molecular weight excluding hydrogens is 364 g/mol. The lowest BCUT2D eigenvalue weighted by atomic mass is 10.1. The quantitative estimate of drug-likeness (QED) is 0.645. The average Bonchev–Trinajstić information content (AvgIpc) is 3.16. The number of hydrogen-bond donors (Lipinski definition) is 1. The molecule has 0 fully saturated rings. The zero-order valence-corrected chi connectivity index (χ0v) is 15.7. The van der Waals surface area contributed by atoms with Crippen LogP contribution in [0.4, 0.5) is 5.13 Å². The van der Waals surface area contributed by atoms with Crippen LogP contribution in [0, 0.1) is 0 Å². The van der Waals surface area contributed by atoms with Crippen LogP contribution in [-0.2, 0) is 4.74 Å². The fraction of sp³-hybridized carbons (Fsp3) is 0.150. The fourth-order valence-corrected chi connectivity index (χ4v) is 3.16. The van der Waals surface area contributed by atoms with Crippen molar-refractivity contribution in [2.75, 3.05) is 19.0 Å². The van der Waals surface area contributed by atoms with E-state index in [0.717, 1.165) is 17.0 Å². The van der Waals surface area contributed by atoms with Gasteiger partial charge in [0.05, 0.1) is 25.0 Å². The van der Waals surface area contributed by atoms with Gasteiger partial charge in [-0.2, -0.15) is 0 Å². The first-order chi connectivity index (χ1) is 13.1. The van der Waals surface area contributed by atoms with E-state index < -0.39 is 5.97 Å². The number of carbonyl (C=O) groups is 2. The van der Waals surface area contributed by atoms with Crippen LogP contribution in [0.25, 0.3) is 11.3 Å². The minimum absolute atomic E-state index is 0.301. The highest BCUT2D eigenvalue weighted by molar-refractivity contribution is 7.14. The van der Waals surface area contributed by atoms with E-state index in [2.05, 4.69) is 15.0 Å². The van der Waals surface area contributed by atoms with Gasteiger partial charge in [0.1, 0.15) is 5.75 Å². The fourth-order valence-electron chi connectivity index (χ4n) is 2.46. The van der Waals surface area contributed by atoms with Gasteiger partial charge in [-0.05, 0) is 43.3 Å². The smallest absolute Gasteiger partial charge is 0.337 e. The molecule has 0 bridgehead atoms. The summed E-state index contributed by atoms with van der Waals surface area (Å²) in [7, 11) is 1.31. The molecule has 0 unspecified atom stereocenters. The standard InChI is InChI=1S/C20H18N2O4S/c1-3-26-17-7-5-4-6-15(17)16-12-27-20(21-16)22-18(23)13-8-10-14(11-9-13)19(24)25-2/h4-12H,3H2,1-2H3,(H,21,22,23). The maximum absolute atomic E-state index is 12.4. The third kappa shape index (κ3) is 4.32. The molecule has 0 aliphatic heterocycles. The zero-order valence-electron chi connectivity index (χ0n) is 14.9. The monoisotopic (exact) mass is 382 g/mol. The lowest BCUT2D eigenvalue weighted by Crippen LogP contribution is -2.12. The second-order valence-corrected chi connectivity index (χ2v) is 6.35. The van der Waals surface area contributed by atoms with Gasteiger partial charge in [-0.25, -0.2) is 9.78 Å². The topological polar surface area (TPSA) is 77.5 Å². The summed E-state index contributed by atoms with van der Waals surface area (Å²) in [5.74, 6) is 0.00599. The Bertz CT molecular complexity index is 951. The molecule has 0 saturated carbocycles. The van der Waals surface area contributed by atoms with Crippen molar-refractivity contribution in [2.45, 2.75) is 6.92 Å². The highest BCUT2D eigenvalue weighted by Gasteiger charge is 2.13. The maximum Gasteiger partial charge on any atom is 0.337 e. The summed E-state index contributed by atoms with van der Waals surface area (Å²) in [6.45, 7) is 2.49. The van der Waals surface area contributed by atoms with Gasteiger partial charge < -0.3 is 9.47 Å². The Kier molecular flexibility index (Phi) is 5.83. The first-order valence-electron chi connectivity index (χ1n) is 8.29. The molecule has 0 spiro atoms. The van der Waals surface area contributed by atoms with Crippen LogP contribution in [0.2, 0.25) is 0 Å². The first kappa shape index (κ1) is 18.6. The van der Waals surface area contributed by atoms with E-state index in [0.29, 0.717) is 22.9 Å². The molecule has 6 nitrogen and oxygen atoms in total. The average molecular weight is 382 g/mol. The predicted octanol–water partition coefficient (Wildman–Crippen LogP) is 4.25. The number of carbonyl (C=O) groups excluding carboxylic acids is 2. The molecule has 0 radical (unpaired) electrons. The number of benzene rings is 2. The van der Waals surface area contributed by atoms with Gasteiger partial charge in [0.15, 0.2) is 5.13 Å². The van der Waals surface area contributed by atoms with Gasteiger partial charge in [-0.1, -0.05) is 12.1 Å². The van der Waals surface area contributed by atoms with Gasteiger partial charge in [0, 0.05) is 16.5 Å². The number of methoxy groups -OCH3 is 1. The summed E-state index contributed by atoms with van der Waals surface area (Å²) in [6, 6.07) is 13.9. The summed E-state index contributed by atoms with van der Waals surface area (Å²) in [5.41, 5.74) is 2.42. The van der Waals surface area contributed by atoms with Crippen LogP contribution < -0.4 is 10.1 Å². The molecule has 2 aromatic carbocycles. The lowest BCUT2D eigenvalue weighted by molar-refractivity contribution is 0.0600. The van der Waals surface area contributed by atoms with E-state index in [1.165, 1.54) is 18.4 Å². The summed E-state index contributed by atoms with van der Waals surface area (Å²) in [6.07, 6.45) is 0. The Hall–Kier alpha value is -3.19. The molecule has 138 valence electrons. The molecule has 0 saturated heterocycles. The zero-order chi connectivity index (χ0) is 19.2. The number of esters is 1. The molecule has 0 aliphatic carbocycles. The minimum atomic E-state index is -0.445. The van der Waals surface area contributed by atoms with Crippen LogP contribution in [-0.4, -0.2) is 30.6 Å². The molecule has 1 heterocycles. The van der Waals surface area contributed by atoms with Crippen LogP contribution in [0.1, 0.15) is 27.6 Å². The molecule has 1 aromatic heterocycles. The maximum atomic E-state index is 12.4. The number of nitrogens with zero attached hydrogens (tertiary/aromatic N) is 1. The number of hydrogen-bond acceptors (Lipinski definition) is 6. The third-order valence-electron chi connectivity index (χ3n) is 3.76. The largest absolute Gasteiger partial charge is 0.493 e. The molecule has 3 rings (SSSR count). The van der Waals surface area contributed by atoms with Crippen molar-refractivity contribution in [3.63, 3.8) is 0 Å². The Morgan fingerprint density at radius 1 is 1.07 bits per heavy atom. The Balaban J connectivity index is 1.74. The summed E-state index contributed by atoms with van der Waals surface area (Å²) < 4.78 is 10.3. The van der Waals surface area contributed by atoms with Crippen LogP contribution in [0.5, 0.6) is 5.75 Å². The Labute approximate surface area is 160 Å². The normalized spacial score (nSPS) is 10.3. The van der Waals surface area contributed by atoms with Gasteiger partial charge in [0.25, 0.3) is 5.91 Å².